The van der Waals surface area contributed by atoms with Gasteiger partial charge in [-0.1, -0.05) is 12.1 Å². The molecule has 32 heavy (non-hydrogen) atoms. The summed E-state index contributed by atoms with van der Waals surface area (Å²) in [4.78, 5) is 17.4. The van der Waals surface area contributed by atoms with Crippen LogP contribution in [0.1, 0.15) is 48.4 Å². The van der Waals surface area contributed by atoms with Gasteiger partial charge in [-0.05, 0) is 73.6 Å². The van der Waals surface area contributed by atoms with Gasteiger partial charge in [-0.2, -0.15) is 5.26 Å². The fraction of sp³-hybridized carbons (Fsp3) is 0.400. The summed E-state index contributed by atoms with van der Waals surface area (Å²) in [5, 5.41) is 9.15. The minimum atomic E-state index is -0.160. The molecule has 0 bridgehead atoms. The highest BCUT2D eigenvalue weighted by Gasteiger charge is 2.48. The SMILES string of the molecule is CO[C@H]1CC[C@]2(CC1)Cc1ccc(Oc3cccc(C#N)c3)cc1C2/N=C(/N)N(C)C=O. The molecule has 1 atom stereocenters. The first-order valence-corrected chi connectivity index (χ1v) is 10.8. The molecule has 1 spiro atoms. The Balaban J connectivity index is 1.69. The topological polar surface area (TPSA) is 101 Å². The van der Waals surface area contributed by atoms with Crippen molar-refractivity contribution in [3.05, 3.63) is 59.2 Å². The van der Waals surface area contributed by atoms with Crippen molar-refractivity contribution in [2.24, 2.45) is 16.1 Å². The monoisotopic (exact) mass is 432 g/mol. The summed E-state index contributed by atoms with van der Waals surface area (Å²) >= 11 is 0. The molecule has 0 aromatic heterocycles. The summed E-state index contributed by atoms with van der Waals surface area (Å²) in [7, 11) is 3.38. The van der Waals surface area contributed by atoms with Crippen LogP contribution in [0.4, 0.5) is 0 Å². The van der Waals surface area contributed by atoms with E-state index in [0.29, 0.717) is 23.5 Å². The molecule has 2 N–H and O–H groups in total. The first-order chi connectivity index (χ1) is 15.5. The molecule has 1 fully saturated rings. The summed E-state index contributed by atoms with van der Waals surface area (Å²) in [6.45, 7) is 0. The molecule has 2 aromatic rings. The van der Waals surface area contributed by atoms with Crippen LogP contribution in [0.2, 0.25) is 0 Å². The molecule has 1 unspecified atom stereocenters. The maximum absolute atomic E-state index is 11.2. The summed E-state index contributed by atoms with van der Waals surface area (Å²) in [6, 6.07) is 15.1. The van der Waals surface area contributed by atoms with E-state index in [2.05, 4.69) is 12.1 Å². The van der Waals surface area contributed by atoms with Gasteiger partial charge in [-0.25, -0.2) is 4.99 Å². The third-order valence-corrected chi connectivity index (χ3v) is 6.78. The van der Waals surface area contributed by atoms with Gasteiger partial charge >= 0.3 is 0 Å². The molecule has 1 saturated carbocycles. The van der Waals surface area contributed by atoms with E-state index in [9.17, 15) is 4.79 Å². The van der Waals surface area contributed by atoms with Gasteiger partial charge in [0.1, 0.15) is 11.5 Å². The zero-order valence-corrected chi connectivity index (χ0v) is 18.5. The van der Waals surface area contributed by atoms with Crippen LogP contribution in [-0.2, 0) is 16.0 Å². The Hall–Kier alpha value is -3.37. The van der Waals surface area contributed by atoms with E-state index in [1.54, 1.807) is 32.4 Å². The van der Waals surface area contributed by atoms with Crippen LogP contribution in [0.5, 0.6) is 11.5 Å². The number of rotatable bonds is 5. The van der Waals surface area contributed by atoms with Crippen LogP contribution in [0.25, 0.3) is 0 Å². The van der Waals surface area contributed by atoms with Gasteiger partial charge < -0.3 is 15.2 Å². The lowest BCUT2D eigenvalue weighted by atomic mass is 9.68. The Kier molecular flexibility index (Phi) is 6.15. The lowest BCUT2D eigenvalue weighted by Gasteiger charge is -2.40. The first-order valence-electron chi connectivity index (χ1n) is 10.8. The zero-order chi connectivity index (χ0) is 22.7. The average Bonchev–Trinajstić information content (AvgIpc) is 3.11. The largest absolute Gasteiger partial charge is 0.457 e. The molecule has 7 heteroatoms. The number of aliphatic imine (C=N–C) groups is 1. The van der Waals surface area contributed by atoms with Crippen molar-refractivity contribution in [3.8, 4) is 17.6 Å². The highest BCUT2D eigenvalue weighted by molar-refractivity contribution is 5.87. The van der Waals surface area contributed by atoms with E-state index in [1.807, 2.05) is 18.2 Å². The normalized spacial score (nSPS) is 24.6. The second kappa shape index (κ2) is 9.01. The van der Waals surface area contributed by atoms with Gasteiger partial charge in [0.15, 0.2) is 5.96 Å². The third kappa shape index (κ3) is 4.19. The van der Waals surface area contributed by atoms with Gasteiger partial charge in [0, 0.05) is 19.6 Å². The van der Waals surface area contributed by atoms with E-state index < -0.39 is 0 Å². The lowest BCUT2D eigenvalue weighted by molar-refractivity contribution is -0.114. The predicted molar refractivity (Wildman–Crippen MR) is 121 cm³/mol. The second-order valence-electron chi connectivity index (χ2n) is 8.68. The van der Waals surface area contributed by atoms with Crippen LogP contribution >= 0.6 is 0 Å². The number of nitrogens with two attached hydrogens (primary N) is 1. The number of methoxy groups -OCH3 is 1. The maximum atomic E-state index is 11.2. The van der Waals surface area contributed by atoms with Gasteiger partial charge in [-0.15, -0.1) is 0 Å². The number of nitrogens with zero attached hydrogens (tertiary/aromatic N) is 3. The maximum Gasteiger partial charge on any atom is 0.216 e. The molecular weight excluding hydrogens is 404 g/mol. The second-order valence-corrected chi connectivity index (χ2v) is 8.68. The number of carbonyl (C=O) groups excluding carboxylic acids is 1. The fourth-order valence-corrected chi connectivity index (χ4v) is 4.96. The van der Waals surface area contributed by atoms with E-state index in [1.165, 1.54) is 10.5 Å². The summed E-state index contributed by atoms with van der Waals surface area (Å²) in [5.74, 6) is 1.50. The quantitative estimate of drug-likeness (QED) is 0.438. The van der Waals surface area contributed by atoms with Gasteiger partial charge in [-0.3, -0.25) is 9.69 Å². The third-order valence-electron chi connectivity index (χ3n) is 6.78. The first kappa shape index (κ1) is 21.8. The molecule has 4 rings (SSSR count). The van der Waals surface area contributed by atoms with Crippen LogP contribution in [-0.4, -0.2) is 37.5 Å². The minimum Gasteiger partial charge on any atom is -0.457 e. The molecule has 0 radical (unpaired) electrons. The Morgan fingerprint density at radius 2 is 2.00 bits per heavy atom. The average molecular weight is 433 g/mol. The van der Waals surface area contributed by atoms with Gasteiger partial charge in [0.05, 0.1) is 23.8 Å². The number of amides is 1. The number of nitriles is 1. The molecule has 7 nitrogen and oxygen atoms in total. The fourth-order valence-electron chi connectivity index (χ4n) is 4.96. The van der Waals surface area contributed by atoms with Crippen LogP contribution in [0.15, 0.2) is 47.5 Å². The zero-order valence-electron chi connectivity index (χ0n) is 18.5. The number of fused-ring (bicyclic) bond motifs is 1. The Labute approximate surface area is 188 Å². The van der Waals surface area contributed by atoms with E-state index in [4.69, 9.17) is 25.5 Å². The molecule has 1 amide bonds. The number of ether oxygens (including phenoxy) is 2. The molecule has 2 aliphatic carbocycles. The molecule has 0 aliphatic heterocycles. The van der Waals surface area contributed by atoms with Crippen molar-refractivity contribution < 1.29 is 14.3 Å². The molecule has 0 heterocycles. The van der Waals surface area contributed by atoms with Crippen molar-refractivity contribution in [1.29, 1.82) is 5.26 Å². The van der Waals surface area contributed by atoms with Crippen molar-refractivity contribution in [2.45, 2.75) is 44.2 Å². The predicted octanol–water partition coefficient (Wildman–Crippen LogP) is 3.93. The lowest BCUT2D eigenvalue weighted by Crippen LogP contribution is -2.37. The van der Waals surface area contributed by atoms with Crippen LogP contribution in [0.3, 0.4) is 0 Å². The Bertz CT molecular complexity index is 1070. The summed E-state index contributed by atoms with van der Waals surface area (Å²) in [6.07, 6.45) is 5.77. The summed E-state index contributed by atoms with van der Waals surface area (Å²) < 4.78 is 11.7. The molecule has 2 aromatic carbocycles. The highest BCUT2D eigenvalue weighted by Crippen LogP contribution is 2.56. The number of benzene rings is 2. The van der Waals surface area contributed by atoms with E-state index >= 15 is 0 Å². The molecule has 0 saturated heterocycles. The molecule has 2 aliphatic rings. The van der Waals surface area contributed by atoms with Crippen LogP contribution in [0, 0.1) is 16.7 Å². The van der Waals surface area contributed by atoms with Gasteiger partial charge in [0.2, 0.25) is 6.41 Å². The number of guanidine groups is 1. The Morgan fingerprint density at radius 1 is 1.25 bits per heavy atom. The van der Waals surface area contributed by atoms with Crippen LogP contribution < -0.4 is 10.5 Å². The minimum absolute atomic E-state index is 0.0505. The van der Waals surface area contributed by atoms with Crippen molar-refractivity contribution in [1.82, 2.24) is 4.90 Å². The van der Waals surface area contributed by atoms with E-state index in [-0.39, 0.29) is 23.5 Å². The summed E-state index contributed by atoms with van der Waals surface area (Å²) in [5.41, 5.74) is 8.97. The van der Waals surface area contributed by atoms with E-state index in [0.717, 1.165) is 37.7 Å². The van der Waals surface area contributed by atoms with Crippen molar-refractivity contribution in [3.63, 3.8) is 0 Å². The Morgan fingerprint density at radius 3 is 2.69 bits per heavy atom. The number of carbonyl (C=O) groups is 1. The van der Waals surface area contributed by atoms with Crippen molar-refractivity contribution in [2.75, 3.05) is 14.2 Å². The molecule has 166 valence electrons. The van der Waals surface area contributed by atoms with Crippen molar-refractivity contribution >= 4 is 12.4 Å². The smallest absolute Gasteiger partial charge is 0.216 e. The molecular formula is C25H28N4O3. The van der Waals surface area contributed by atoms with Gasteiger partial charge in [0.25, 0.3) is 0 Å². The number of hydrogen-bond donors (Lipinski definition) is 1. The highest BCUT2D eigenvalue weighted by atomic mass is 16.5. The standard InChI is InChI=1S/C25H28N4O3/c1-29(16-30)24(27)28-23-22-13-21(32-20-5-3-4-17(12-20)15-26)7-6-18(22)14-25(23)10-8-19(31-2)9-11-25/h3-7,12-13,16,19,23H,8-11,14H2,1-2H3,(H2,27,28)/t19-,23?,25-. The number of hydrogen-bond acceptors (Lipinski definition) is 5.